The van der Waals surface area contributed by atoms with Gasteiger partial charge in [-0.25, -0.2) is 0 Å². The molecule has 1 heterocycles. The Hall–Kier alpha value is -3.02. The van der Waals surface area contributed by atoms with Gasteiger partial charge in [0.05, 0.1) is 14.2 Å². The average molecular weight is 368 g/mol. The van der Waals surface area contributed by atoms with E-state index in [0.29, 0.717) is 35.7 Å². The monoisotopic (exact) mass is 368 g/mol. The van der Waals surface area contributed by atoms with Gasteiger partial charge in [0.1, 0.15) is 17.5 Å². The number of carbonyl (C=O) groups excluding carboxylic acids is 2. The number of piperidine rings is 1. The van der Waals surface area contributed by atoms with Gasteiger partial charge in [-0.3, -0.25) is 9.59 Å². The Morgan fingerprint density at radius 1 is 1.00 bits per heavy atom. The van der Waals surface area contributed by atoms with Gasteiger partial charge < -0.3 is 19.7 Å². The Morgan fingerprint density at radius 2 is 1.67 bits per heavy atom. The van der Waals surface area contributed by atoms with Crippen LogP contribution in [0.3, 0.4) is 0 Å². The number of nitrogens with one attached hydrogen (secondary N) is 1. The third kappa shape index (κ3) is 4.39. The van der Waals surface area contributed by atoms with E-state index in [9.17, 15) is 9.59 Å². The maximum absolute atomic E-state index is 12.9. The summed E-state index contributed by atoms with van der Waals surface area (Å²) in [5.41, 5.74) is 1.18. The van der Waals surface area contributed by atoms with Crippen LogP contribution >= 0.6 is 0 Å². The maximum atomic E-state index is 12.9. The first kappa shape index (κ1) is 18.8. The molecule has 2 amide bonds. The largest absolute Gasteiger partial charge is 0.497 e. The Morgan fingerprint density at radius 3 is 2.30 bits per heavy atom. The quantitative estimate of drug-likeness (QED) is 0.879. The minimum Gasteiger partial charge on any atom is -0.497 e. The van der Waals surface area contributed by atoms with Crippen molar-refractivity contribution in [2.45, 2.75) is 25.3 Å². The van der Waals surface area contributed by atoms with Gasteiger partial charge in [-0.15, -0.1) is 0 Å². The molecule has 1 aliphatic heterocycles. The highest BCUT2D eigenvalue weighted by Crippen LogP contribution is 2.27. The topological polar surface area (TPSA) is 67.9 Å². The highest BCUT2D eigenvalue weighted by molar-refractivity contribution is 6.01. The third-order valence-electron chi connectivity index (χ3n) is 4.71. The Kier molecular flexibility index (Phi) is 5.96. The lowest BCUT2D eigenvalue weighted by Gasteiger charge is -2.34. The first-order valence-corrected chi connectivity index (χ1v) is 9.02. The van der Waals surface area contributed by atoms with E-state index in [2.05, 4.69) is 5.32 Å². The molecule has 27 heavy (non-hydrogen) atoms. The highest BCUT2D eigenvalue weighted by atomic mass is 16.5. The van der Waals surface area contributed by atoms with Gasteiger partial charge in [0, 0.05) is 36.0 Å². The molecule has 0 aromatic heterocycles. The summed E-state index contributed by atoms with van der Waals surface area (Å²) in [6.07, 6.45) is 2.46. The van der Waals surface area contributed by atoms with Gasteiger partial charge in [-0.1, -0.05) is 18.2 Å². The fourth-order valence-electron chi connectivity index (χ4n) is 3.30. The van der Waals surface area contributed by atoms with Crippen LogP contribution in [0.5, 0.6) is 11.5 Å². The van der Waals surface area contributed by atoms with Gasteiger partial charge in [-0.2, -0.15) is 0 Å². The number of nitrogens with zero attached hydrogens (tertiary/aromatic N) is 1. The number of anilines is 1. The van der Waals surface area contributed by atoms with Crippen molar-refractivity contribution < 1.29 is 19.1 Å². The third-order valence-corrected chi connectivity index (χ3v) is 4.71. The number of hydrogen-bond donors (Lipinski definition) is 1. The molecule has 1 aliphatic rings. The lowest BCUT2D eigenvalue weighted by Crippen LogP contribution is -2.50. The van der Waals surface area contributed by atoms with E-state index in [-0.39, 0.29) is 11.8 Å². The molecule has 2 aromatic rings. The molecule has 1 N–H and O–H groups in total. The number of hydrogen-bond acceptors (Lipinski definition) is 4. The molecule has 0 radical (unpaired) electrons. The standard InChI is InChI=1S/C21H24N2O4/c1-26-17-12-16(13-18(14-17)27-2)22-20(24)19-10-6-7-11-23(19)21(25)15-8-4-3-5-9-15/h3-5,8-9,12-14,19H,6-7,10-11H2,1-2H3,(H,22,24)/t19-/m0/s1. The van der Waals surface area contributed by atoms with E-state index < -0.39 is 6.04 Å². The van der Waals surface area contributed by atoms with Crippen molar-refractivity contribution in [2.75, 3.05) is 26.1 Å². The van der Waals surface area contributed by atoms with Gasteiger partial charge in [0.25, 0.3) is 5.91 Å². The van der Waals surface area contributed by atoms with Crippen molar-refractivity contribution in [1.82, 2.24) is 4.90 Å². The molecule has 142 valence electrons. The van der Waals surface area contributed by atoms with Crippen molar-refractivity contribution >= 4 is 17.5 Å². The Bertz CT molecular complexity index is 785. The SMILES string of the molecule is COc1cc(NC(=O)[C@@H]2CCCCN2C(=O)c2ccccc2)cc(OC)c1. The molecular weight excluding hydrogens is 344 g/mol. The average Bonchev–Trinajstić information content (AvgIpc) is 2.73. The number of amides is 2. The molecule has 0 saturated carbocycles. The smallest absolute Gasteiger partial charge is 0.254 e. The van der Waals surface area contributed by atoms with Gasteiger partial charge in [0.15, 0.2) is 0 Å². The molecule has 1 fully saturated rings. The summed E-state index contributed by atoms with van der Waals surface area (Å²) in [5.74, 6) is 0.865. The van der Waals surface area contributed by atoms with Gasteiger partial charge in [-0.05, 0) is 31.4 Å². The number of benzene rings is 2. The number of ether oxygens (including phenoxy) is 2. The van der Waals surface area contributed by atoms with Crippen LogP contribution in [-0.4, -0.2) is 43.5 Å². The van der Waals surface area contributed by atoms with E-state index in [1.807, 2.05) is 18.2 Å². The predicted molar refractivity (Wildman–Crippen MR) is 103 cm³/mol. The van der Waals surface area contributed by atoms with Crippen LogP contribution in [0.2, 0.25) is 0 Å². The Labute approximate surface area is 159 Å². The summed E-state index contributed by atoms with van der Waals surface area (Å²) >= 11 is 0. The normalized spacial score (nSPS) is 16.5. The minimum absolute atomic E-state index is 0.112. The van der Waals surface area contributed by atoms with E-state index in [4.69, 9.17) is 9.47 Å². The molecule has 3 rings (SSSR count). The summed E-state index contributed by atoms with van der Waals surface area (Å²) in [6.45, 7) is 0.577. The Balaban J connectivity index is 1.79. The summed E-state index contributed by atoms with van der Waals surface area (Å²) in [5, 5.41) is 2.90. The van der Waals surface area contributed by atoms with Crippen molar-refractivity contribution in [3.8, 4) is 11.5 Å². The van der Waals surface area contributed by atoms with Crippen LogP contribution < -0.4 is 14.8 Å². The molecule has 6 heteroatoms. The summed E-state index contributed by atoms with van der Waals surface area (Å²) in [7, 11) is 3.11. The minimum atomic E-state index is -0.497. The molecule has 0 unspecified atom stereocenters. The molecule has 1 atom stereocenters. The van der Waals surface area contributed by atoms with Crippen molar-refractivity contribution in [3.63, 3.8) is 0 Å². The second-order valence-electron chi connectivity index (χ2n) is 6.47. The number of carbonyl (C=O) groups is 2. The van der Waals surface area contributed by atoms with E-state index in [0.717, 1.165) is 12.8 Å². The molecule has 0 spiro atoms. The molecule has 6 nitrogen and oxygen atoms in total. The fourth-order valence-corrected chi connectivity index (χ4v) is 3.30. The molecular formula is C21H24N2O4. The first-order valence-electron chi connectivity index (χ1n) is 9.02. The second kappa shape index (κ2) is 8.58. The number of methoxy groups -OCH3 is 2. The summed E-state index contributed by atoms with van der Waals surface area (Å²) in [6, 6.07) is 13.8. The van der Waals surface area contributed by atoms with E-state index in [1.165, 1.54) is 0 Å². The van der Waals surface area contributed by atoms with Crippen LogP contribution in [0.15, 0.2) is 48.5 Å². The van der Waals surface area contributed by atoms with Crippen molar-refractivity contribution in [2.24, 2.45) is 0 Å². The number of likely N-dealkylation sites (tertiary alicyclic amines) is 1. The zero-order valence-corrected chi connectivity index (χ0v) is 15.6. The summed E-state index contributed by atoms with van der Waals surface area (Å²) in [4.78, 5) is 27.5. The van der Waals surface area contributed by atoms with Gasteiger partial charge in [0.2, 0.25) is 5.91 Å². The van der Waals surface area contributed by atoms with Crippen LogP contribution in [0, 0.1) is 0 Å². The van der Waals surface area contributed by atoms with Crippen LogP contribution in [0.4, 0.5) is 5.69 Å². The van der Waals surface area contributed by atoms with Crippen molar-refractivity contribution in [3.05, 3.63) is 54.1 Å². The fraction of sp³-hybridized carbons (Fsp3) is 0.333. The van der Waals surface area contributed by atoms with E-state index >= 15 is 0 Å². The van der Waals surface area contributed by atoms with Crippen LogP contribution in [0.1, 0.15) is 29.6 Å². The summed E-state index contributed by atoms with van der Waals surface area (Å²) < 4.78 is 10.5. The van der Waals surface area contributed by atoms with Gasteiger partial charge >= 0.3 is 0 Å². The van der Waals surface area contributed by atoms with Crippen LogP contribution in [-0.2, 0) is 4.79 Å². The first-order chi connectivity index (χ1) is 13.1. The maximum Gasteiger partial charge on any atom is 0.254 e. The zero-order valence-electron chi connectivity index (χ0n) is 15.6. The zero-order chi connectivity index (χ0) is 19.2. The lowest BCUT2D eigenvalue weighted by molar-refractivity contribution is -0.121. The number of rotatable bonds is 5. The molecule has 0 aliphatic carbocycles. The van der Waals surface area contributed by atoms with E-state index in [1.54, 1.807) is 49.5 Å². The lowest BCUT2D eigenvalue weighted by atomic mass is 10.00. The predicted octanol–water partition coefficient (Wildman–Crippen LogP) is 3.34. The molecule has 1 saturated heterocycles. The second-order valence-corrected chi connectivity index (χ2v) is 6.47. The molecule has 0 bridgehead atoms. The van der Waals surface area contributed by atoms with Crippen molar-refractivity contribution in [1.29, 1.82) is 0 Å². The molecule has 2 aromatic carbocycles. The van der Waals surface area contributed by atoms with Crippen LogP contribution in [0.25, 0.3) is 0 Å². The highest BCUT2D eigenvalue weighted by Gasteiger charge is 2.32.